The molecule has 0 aliphatic carbocycles. The number of ether oxygens (including phenoxy) is 1. The van der Waals surface area contributed by atoms with Crippen molar-refractivity contribution in [2.75, 3.05) is 6.54 Å². The quantitative estimate of drug-likeness (QED) is 0.325. The number of carbonyl (C=O) groups excluding carboxylic acids is 1. The first kappa shape index (κ1) is 23.2. The average Bonchev–Trinajstić information content (AvgIpc) is 3.09. The lowest BCUT2D eigenvalue weighted by Gasteiger charge is -2.12. The van der Waals surface area contributed by atoms with Crippen molar-refractivity contribution in [3.8, 4) is 5.75 Å². The van der Waals surface area contributed by atoms with Crippen molar-refractivity contribution in [2.24, 2.45) is 4.99 Å². The van der Waals surface area contributed by atoms with E-state index < -0.39 is 0 Å². The molecule has 1 heterocycles. The van der Waals surface area contributed by atoms with E-state index in [9.17, 15) is 13.6 Å². The Hall–Kier alpha value is -2.97. The number of carbonyl (C=O) groups is 1. The van der Waals surface area contributed by atoms with Gasteiger partial charge in [-0.2, -0.15) is 0 Å². The van der Waals surface area contributed by atoms with Crippen molar-refractivity contribution in [3.63, 3.8) is 0 Å². The van der Waals surface area contributed by atoms with Crippen molar-refractivity contribution in [3.05, 3.63) is 98.9 Å². The number of hydrogen-bond donors (Lipinski definition) is 0. The highest BCUT2D eigenvalue weighted by Crippen LogP contribution is 2.35. The third kappa shape index (κ3) is 5.69. The highest BCUT2D eigenvalue weighted by Gasteiger charge is 2.32. The van der Waals surface area contributed by atoms with Gasteiger partial charge in [-0.3, -0.25) is 9.69 Å². The monoisotopic (exact) mass is 528 g/mol. The molecule has 0 saturated carbocycles. The zero-order chi connectivity index (χ0) is 23.4. The maximum Gasteiger partial charge on any atom is 0.266 e. The van der Waals surface area contributed by atoms with Crippen LogP contribution in [-0.2, 0) is 11.4 Å². The predicted octanol–water partition coefficient (Wildman–Crippen LogP) is 6.93. The Morgan fingerprint density at radius 1 is 1.03 bits per heavy atom. The van der Waals surface area contributed by atoms with Crippen LogP contribution < -0.4 is 4.74 Å². The molecule has 3 aromatic carbocycles. The topological polar surface area (TPSA) is 41.9 Å². The number of nitrogens with zero attached hydrogens (tertiary/aromatic N) is 2. The molecule has 1 aliphatic heterocycles. The SMILES string of the molecule is CCN1C(=O)/C(=C\c2ccc(OCc3ccc(F)cc3)c(Br)c2)SC1=Nc1ccc(F)cc1. The standard InChI is InChI=1S/C25H19BrF2N2O2S/c1-2-30-24(31)23(33-25(30)29-20-10-8-19(28)9-11-20)14-17-5-12-22(21(26)13-17)32-15-16-3-6-18(27)7-4-16/h3-14H,2,15H2,1H3/b23-14+,29-25?. The molecule has 3 aromatic rings. The molecule has 0 bridgehead atoms. The number of hydrogen-bond acceptors (Lipinski definition) is 4. The van der Waals surface area contributed by atoms with Gasteiger partial charge in [0.05, 0.1) is 15.1 Å². The van der Waals surface area contributed by atoms with Crippen molar-refractivity contribution in [1.29, 1.82) is 0 Å². The van der Waals surface area contributed by atoms with E-state index in [4.69, 9.17) is 4.74 Å². The Morgan fingerprint density at radius 2 is 1.70 bits per heavy atom. The summed E-state index contributed by atoms with van der Waals surface area (Å²) < 4.78 is 32.8. The van der Waals surface area contributed by atoms with Crippen LogP contribution in [0.25, 0.3) is 6.08 Å². The first-order valence-electron chi connectivity index (χ1n) is 10.2. The molecule has 0 aromatic heterocycles. The normalized spacial score (nSPS) is 16.1. The third-order valence-electron chi connectivity index (χ3n) is 4.82. The van der Waals surface area contributed by atoms with E-state index in [-0.39, 0.29) is 17.5 Å². The molecular weight excluding hydrogens is 510 g/mol. The van der Waals surface area contributed by atoms with Crippen LogP contribution in [-0.4, -0.2) is 22.5 Å². The third-order valence-corrected chi connectivity index (χ3v) is 6.44. The zero-order valence-electron chi connectivity index (χ0n) is 17.6. The summed E-state index contributed by atoms with van der Waals surface area (Å²) in [5.74, 6) is -0.112. The minimum atomic E-state index is -0.335. The maximum atomic E-state index is 13.2. The molecule has 0 spiro atoms. The van der Waals surface area contributed by atoms with Gasteiger partial charge in [-0.15, -0.1) is 0 Å². The number of likely N-dealkylation sites (N-methyl/N-ethyl adjacent to an activating group) is 1. The van der Waals surface area contributed by atoms with Gasteiger partial charge in [-0.25, -0.2) is 13.8 Å². The molecule has 0 N–H and O–H groups in total. The fraction of sp³-hybridized carbons (Fsp3) is 0.120. The number of amidine groups is 1. The van der Waals surface area contributed by atoms with E-state index in [0.717, 1.165) is 15.6 Å². The summed E-state index contributed by atoms with van der Waals surface area (Å²) in [5, 5.41) is 0.554. The largest absolute Gasteiger partial charge is 0.488 e. The van der Waals surface area contributed by atoms with Crippen LogP contribution >= 0.6 is 27.7 Å². The van der Waals surface area contributed by atoms with Crippen molar-refractivity contribution < 1.29 is 18.3 Å². The van der Waals surface area contributed by atoms with E-state index in [1.807, 2.05) is 25.1 Å². The fourth-order valence-electron chi connectivity index (χ4n) is 3.11. The van der Waals surface area contributed by atoms with Gasteiger partial charge in [0, 0.05) is 6.54 Å². The Labute approximate surface area is 203 Å². The zero-order valence-corrected chi connectivity index (χ0v) is 20.0. The van der Waals surface area contributed by atoms with E-state index >= 15 is 0 Å². The van der Waals surface area contributed by atoms with Gasteiger partial charge in [0.15, 0.2) is 5.17 Å². The summed E-state index contributed by atoms with van der Waals surface area (Å²) in [6.45, 7) is 2.66. The molecule has 0 unspecified atom stereocenters. The molecule has 0 radical (unpaired) electrons. The average molecular weight is 529 g/mol. The van der Waals surface area contributed by atoms with Crippen LogP contribution in [0.1, 0.15) is 18.1 Å². The Balaban J connectivity index is 1.50. The predicted molar refractivity (Wildman–Crippen MR) is 131 cm³/mol. The van der Waals surface area contributed by atoms with Crippen molar-refractivity contribution in [2.45, 2.75) is 13.5 Å². The van der Waals surface area contributed by atoms with E-state index in [0.29, 0.717) is 34.7 Å². The lowest BCUT2D eigenvalue weighted by Crippen LogP contribution is -2.28. The van der Waals surface area contributed by atoms with Crippen molar-refractivity contribution >= 4 is 50.5 Å². The molecule has 8 heteroatoms. The second kappa shape index (κ2) is 10.3. The molecule has 0 atom stereocenters. The second-order valence-electron chi connectivity index (χ2n) is 7.14. The van der Waals surface area contributed by atoms with E-state index in [1.165, 1.54) is 36.0 Å². The highest BCUT2D eigenvalue weighted by atomic mass is 79.9. The Bertz CT molecular complexity index is 1230. The van der Waals surface area contributed by atoms with E-state index in [2.05, 4.69) is 20.9 Å². The van der Waals surface area contributed by atoms with Crippen LogP contribution in [0.4, 0.5) is 14.5 Å². The van der Waals surface area contributed by atoms with Crippen LogP contribution in [0.3, 0.4) is 0 Å². The number of halogens is 3. The summed E-state index contributed by atoms with van der Waals surface area (Å²) in [6.07, 6.45) is 1.80. The first-order chi connectivity index (χ1) is 15.9. The molecular formula is C25H19BrF2N2O2S. The van der Waals surface area contributed by atoms with Crippen LogP contribution in [0.15, 0.2) is 81.1 Å². The number of amides is 1. The van der Waals surface area contributed by atoms with Gasteiger partial charge in [-0.05, 0) is 100 Å². The van der Waals surface area contributed by atoms with Gasteiger partial charge in [0.25, 0.3) is 5.91 Å². The Kier molecular flexibility index (Phi) is 7.25. The van der Waals surface area contributed by atoms with Gasteiger partial charge < -0.3 is 4.74 Å². The minimum absolute atomic E-state index is 0.129. The number of rotatable bonds is 6. The molecule has 1 amide bonds. The van der Waals surface area contributed by atoms with Crippen LogP contribution in [0.5, 0.6) is 5.75 Å². The van der Waals surface area contributed by atoms with Gasteiger partial charge >= 0.3 is 0 Å². The molecule has 1 saturated heterocycles. The number of benzene rings is 3. The van der Waals surface area contributed by atoms with Crippen LogP contribution in [0.2, 0.25) is 0 Å². The summed E-state index contributed by atoms with van der Waals surface area (Å²) in [4.78, 5) is 19.5. The van der Waals surface area contributed by atoms with Crippen LogP contribution in [0, 0.1) is 11.6 Å². The molecule has 1 fully saturated rings. The second-order valence-corrected chi connectivity index (χ2v) is 9.00. The molecule has 168 valence electrons. The number of aliphatic imine (C=N–C) groups is 1. The summed E-state index contributed by atoms with van der Waals surface area (Å²) in [6, 6.07) is 17.5. The summed E-state index contributed by atoms with van der Waals surface area (Å²) in [7, 11) is 0. The van der Waals surface area contributed by atoms with Crippen molar-refractivity contribution in [1.82, 2.24) is 4.90 Å². The summed E-state index contributed by atoms with van der Waals surface area (Å²) >= 11 is 4.79. The Morgan fingerprint density at radius 3 is 2.33 bits per heavy atom. The van der Waals surface area contributed by atoms with Gasteiger partial charge in [-0.1, -0.05) is 18.2 Å². The highest BCUT2D eigenvalue weighted by molar-refractivity contribution is 9.10. The fourth-order valence-corrected chi connectivity index (χ4v) is 4.69. The van der Waals surface area contributed by atoms with E-state index in [1.54, 1.807) is 35.2 Å². The maximum absolute atomic E-state index is 13.2. The number of thioether (sulfide) groups is 1. The molecule has 1 aliphatic rings. The van der Waals surface area contributed by atoms with Gasteiger partial charge in [0.2, 0.25) is 0 Å². The first-order valence-corrected chi connectivity index (χ1v) is 11.8. The summed E-state index contributed by atoms with van der Waals surface area (Å²) in [5.41, 5.74) is 2.26. The molecule has 4 rings (SSSR count). The minimum Gasteiger partial charge on any atom is -0.488 e. The lowest BCUT2D eigenvalue weighted by atomic mass is 10.2. The smallest absolute Gasteiger partial charge is 0.266 e. The lowest BCUT2D eigenvalue weighted by molar-refractivity contribution is -0.122. The molecule has 33 heavy (non-hydrogen) atoms. The molecule has 4 nitrogen and oxygen atoms in total. The van der Waals surface area contributed by atoms with Gasteiger partial charge in [0.1, 0.15) is 24.0 Å².